The van der Waals surface area contributed by atoms with Crippen LogP contribution in [0, 0.1) is 0 Å². The zero-order valence-corrected chi connectivity index (χ0v) is 17.0. The van der Waals surface area contributed by atoms with Gasteiger partial charge in [0, 0.05) is 21.2 Å². The van der Waals surface area contributed by atoms with E-state index in [1.807, 2.05) is 0 Å². The maximum absolute atomic E-state index is 14.6. The lowest BCUT2D eigenvalue weighted by molar-refractivity contribution is -0.0315. The summed E-state index contributed by atoms with van der Waals surface area (Å²) in [6, 6.07) is 9.33. The summed E-state index contributed by atoms with van der Waals surface area (Å²) in [6.45, 7) is -2.80. The Morgan fingerprint density at radius 1 is 0.742 bits per heavy atom. The van der Waals surface area contributed by atoms with Gasteiger partial charge < -0.3 is 5.11 Å². The van der Waals surface area contributed by atoms with E-state index in [2.05, 4.69) is 0 Å². The molecule has 0 fully saturated rings. The van der Waals surface area contributed by atoms with Gasteiger partial charge in [-0.05, 0) is 24.3 Å². The average Bonchev–Trinajstić information content (AvgIpc) is 2.69. The minimum absolute atomic E-state index is 0.0896. The molecule has 2 aromatic carbocycles. The lowest BCUT2D eigenvalue weighted by atomic mass is 10.1. The normalized spacial score (nSPS) is 12.2. The van der Waals surface area contributed by atoms with E-state index in [9.17, 15) is 32.3 Å². The maximum Gasteiger partial charge on any atom is 0.334 e. The van der Waals surface area contributed by atoms with E-state index in [-0.39, 0.29) is 19.2 Å². The second-order valence-electron chi connectivity index (χ2n) is 6.72. The molecule has 3 aromatic rings. The van der Waals surface area contributed by atoms with Gasteiger partial charge in [-0.1, -0.05) is 47.5 Å². The molecule has 0 saturated heterocycles. The van der Waals surface area contributed by atoms with Gasteiger partial charge in [-0.15, -0.1) is 0 Å². The van der Waals surface area contributed by atoms with Crippen LogP contribution in [0.4, 0.5) is 17.6 Å². The molecule has 0 amide bonds. The highest BCUT2D eigenvalue weighted by molar-refractivity contribution is 6.30. The Labute approximate surface area is 182 Å². The molecule has 0 bridgehead atoms. The van der Waals surface area contributed by atoms with Crippen LogP contribution in [0.1, 0.15) is 11.1 Å². The fourth-order valence-electron chi connectivity index (χ4n) is 2.87. The van der Waals surface area contributed by atoms with Crippen LogP contribution in [-0.2, 0) is 24.9 Å². The van der Waals surface area contributed by atoms with Crippen LogP contribution in [-0.4, -0.2) is 14.2 Å². The first-order valence-electron chi connectivity index (χ1n) is 8.72. The standard InChI is InChI=1S/C20H14Cl2F4N2O3/c21-14-5-1-12(2-6-14)19(23,24)10-27-16(29)9-17(30)28(18(27)31)11-20(25,26)13-3-7-15(22)8-4-13/h1-9,29H,10-11H2. The van der Waals surface area contributed by atoms with Crippen molar-refractivity contribution in [3.05, 3.63) is 96.6 Å². The molecule has 31 heavy (non-hydrogen) atoms. The summed E-state index contributed by atoms with van der Waals surface area (Å²) in [5.41, 5.74) is -3.82. The van der Waals surface area contributed by atoms with Crippen LogP contribution in [0.2, 0.25) is 10.0 Å². The van der Waals surface area contributed by atoms with Crippen LogP contribution >= 0.6 is 23.2 Å². The third-order valence-electron chi connectivity index (χ3n) is 4.50. The molecule has 0 atom stereocenters. The highest BCUT2D eigenvalue weighted by atomic mass is 35.5. The van der Waals surface area contributed by atoms with E-state index in [1.54, 1.807) is 0 Å². The van der Waals surface area contributed by atoms with Gasteiger partial charge in [0.15, 0.2) is 0 Å². The molecular weight excluding hydrogens is 463 g/mol. The number of rotatable bonds is 6. The van der Waals surface area contributed by atoms with Crippen molar-refractivity contribution in [1.82, 2.24) is 9.13 Å². The lowest BCUT2D eigenvalue weighted by Crippen LogP contribution is -2.44. The number of nitrogens with zero attached hydrogens (tertiary/aromatic N) is 2. The van der Waals surface area contributed by atoms with Crippen LogP contribution in [0.15, 0.2) is 64.2 Å². The SMILES string of the molecule is O=c1cc(O)n(CC(F)(F)c2ccc(Cl)cc2)c(=O)n1CC(F)(F)c1ccc(Cl)cc1. The fourth-order valence-corrected chi connectivity index (χ4v) is 3.12. The first-order chi connectivity index (χ1) is 14.4. The summed E-state index contributed by atoms with van der Waals surface area (Å²) in [6.07, 6.45) is 0. The second-order valence-corrected chi connectivity index (χ2v) is 7.59. The van der Waals surface area contributed by atoms with Gasteiger partial charge in [-0.25, -0.2) is 4.79 Å². The van der Waals surface area contributed by atoms with Crippen molar-refractivity contribution in [3.8, 4) is 5.88 Å². The van der Waals surface area contributed by atoms with E-state index in [0.29, 0.717) is 6.07 Å². The number of halogens is 6. The van der Waals surface area contributed by atoms with Crippen molar-refractivity contribution in [2.75, 3.05) is 0 Å². The molecule has 0 aliphatic heterocycles. The largest absolute Gasteiger partial charge is 0.494 e. The van der Waals surface area contributed by atoms with E-state index in [0.717, 1.165) is 24.3 Å². The monoisotopic (exact) mass is 476 g/mol. The summed E-state index contributed by atoms with van der Waals surface area (Å²) in [5, 5.41) is 10.3. The smallest absolute Gasteiger partial charge is 0.334 e. The molecule has 0 aliphatic rings. The summed E-state index contributed by atoms with van der Waals surface area (Å²) in [7, 11) is 0. The van der Waals surface area contributed by atoms with E-state index < -0.39 is 53.2 Å². The maximum atomic E-state index is 14.6. The molecule has 0 saturated carbocycles. The minimum Gasteiger partial charge on any atom is -0.494 e. The van der Waals surface area contributed by atoms with E-state index >= 15 is 0 Å². The molecule has 164 valence electrons. The zero-order chi connectivity index (χ0) is 23.0. The van der Waals surface area contributed by atoms with E-state index in [4.69, 9.17) is 23.2 Å². The van der Waals surface area contributed by atoms with Crippen molar-refractivity contribution in [3.63, 3.8) is 0 Å². The van der Waals surface area contributed by atoms with Gasteiger partial charge in [0.25, 0.3) is 17.4 Å². The van der Waals surface area contributed by atoms with Crippen molar-refractivity contribution in [2.24, 2.45) is 0 Å². The van der Waals surface area contributed by atoms with Gasteiger partial charge in [0.2, 0.25) is 5.88 Å². The zero-order valence-electron chi connectivity index (χ0n) is 15.5. The Kier molecular flexibility index (Phi) is 6.20. The van der Waals surface area contributed by atoms with Crippen LogP contribution in [0.25, 0.3) is 0 Å². The van der Waals surface area contributed by atoms with Crippen molar-refractivity contribution in [1.29, 1.82) is 0 Å². The first kappa shape index (κ1) is 22.9. The van der Waals surface area contributed by atoms with Crippen LogP contribution in [0.3, 0.4) is 0 Å². The quantitative estimate of drug-likeness (QED) is 0.528. The van der Waals surface area contributed by atoms with Gasteiger partial charge in [-0.2, -0.15) is 17.6 Å². The molecule has 0 spiro atoms. The molecule has 3 rings (SSSR count). The Bertz CT molecular complexity index is 1210. The Morgan fingerprint density at radius 3 is 1.55 bits per heavy atom. The van der Waals surface area contributed by atoms with Crippen molar-refractivity contribution < 1.29 is 22.7 Å². The summed E-state index contributed by atoms with van der Waals surface area (Å²) < 4.78 is 58.8. The predicted molar refractivity (Wildman–Crippen MR) is 107 cm³/mol. The van der Waals surface area contributed by atoms with Gasteiger partial charge in [-0.3, -0.25) is 13.9 Å². The Balaban J connectivity index is 2.00. The van der Waals surface area contributed by atoms with E-state index in [1.165, 1.54) is 24.3 Å². The third kappa shape index (κ3) is 4.94. The number of alkyl halides is 4. The number of aromatic nitrogens is 2. The molecule has 0 aliphatic carbocycles. The molecule has 0 radical (unpaired) electrons. The van der Waals surface area contributed by atoms with Gasteiger partial charge in [0.05, 0.1) is 19.2 Å². The summed E-state index contributed by atoms with van der Waals surface area (Å²) in [4.78, 5) is 24.7. The number of hydrogen-bond donors (Lipinski definition) is 1. The second kappa shape index (κ2) is 8.39. The van der Waals surface area contributed by atoms with Crippen LogP contribution in [0.5, 0.6) is 5.88 Å². The molecule has 1 aromatic heterocycles. The summed E-state index contributed by atoms with van der Waals surface area (Å²) in [5.74, 6) is -8.44. The molecule has 5 nitrogen and oxygen atoms in total. The number of hydrogen-bond acceptors (Lipinski definition) is 3. The molecule has 11 heteroatoms. The van der Waals surface area contributed by atoms with Gasteiger partial charge >= 0.3 is 5.69 Å². The summed E-state index contributed by atoms with van der Waals surface area (Å²) >= 11 is 11.3. The number of benzene rings is 2. The highest BCUT2D eigenvalue weighted by Gasteiger charge is 2.36. The molecule has 0 unspecified atom stereocenters. The number of aromatic hydroxyl groups is 1. The van der Waals surface area contributed by atoms with Crippen molar-refractivity contribution >= 4 is 23.2 Å². The van der Waals surface area contributed by atoms with Crippen molar-refractivity contribution in [2.45, 2.75) is 24.9 Å². The molecule has 1 N–H and O–H groups in total. The molecular formula is C20H14Cl2F4N2O3. The first-order valence-corrected chi connectivity index (χ1v) is 9.48. The fraction of sp³-hybridized carbons (Fsp3) is 0.200. The predicted octanol–water partition coefficient (Wildman–Crippen LogP) is 4.61. The minimum atomic E-state index is -3.69. The highest BCUT2D eigenvalue weighted by Crippen LogP contribution is 2.32. The van der Waals surface area contributed by atoms with Gasteiger partial charge in [0.1, 0.15) is 0 Å². The molecule has 1 heterocycles. The third-order valence-corrected chi connectivity index (χ3v) is 5.01. The Morgan fingerprint density at radius 2 is 1.13 bits per heavy atom. The average molecular weight is 477 g/mol. The Hall–Kier alpha value is -2.78. The topological polar surface area (TPSA) is 64.2 Å². The van der Waals surface area contributed by atoms with Crippen LogP contribution < -0.4 is 11.2 Å². The lowest BCUT2D eigenvalue weighted by Gasteiger charge is -2.21.